The van der Waals surface area contributed by atoms with Crippen molar-refractivity contribution in [3.63, 3.8) is 0 Å². The molecule has 58 valence electrons. The highest BCUT2D eigenvalue weighted by Crippen LogP contribution is 2.19. The van der Waals surface area contributed by atoms with Gasteiger partial charge in [0.05, 0.1) is 0 Å². The Labute approximate surface area is 69.4 Å². The Morgan fingerprint density at radius 1 is 1.50 bits per heavy atom. The molecule has 0 amide bonds. The second kappa shape index (κ2) is 4.50. The van der Waals surface area contributed by atoms with E-state index in [9.17, 15) is 4.79 Å². The molecule has 0 saturated carbocycles. The van der Waals surface area contributed by atoms with Crippen molar-refractivity contribution < 1.29 is 9.53 Å². The number of halogens is 1. The minimum Gasteiger partial charge on any atom is -0.457 e. The first-order valence-electron chi connectivity index (χ1n) is 3.24. The summed E-state index contributed by atoms with van der Waals surface area (Å²) in [7, 11) is 0. The standard InChI is InChI=1S/C5H5BrO2.C2H6/c1-3-4(6)2-8-5(3)7;1-2/h2H2,1H3;1-2H3. The van der Waals surface area contributed by atoms with Crippen molar-refractivity contribution in [1.29, 1.82) is 0 Å². The van der Waals surface area contributed by atoms with Gasteiger partial charge in [-0.1, -0.05) is 29.8 Å². The first-order valence-corrected chi connectivity index (χ1v) is 4.03. The zero-order valence-electron chi connectivity index (χ0n) is 6.40. The zero-order valence-corrected chi connectivity index (χ0v) is 7.99. The molecule has 3 heteroatoms. The normalized spacial score (nSPS) is 16.2. The van der Waals surface area contributed by atoms with E-state index >= 15 is 0 Å². The van der Waals surface area contributed by atoms with E-state index in [1.807, 2.05) is 13.8 Å². The summed E-state index contributed by atoms with van der Waals surface area (Å²) >= 11 is 3.18. The van der Waals surface area contributed by atoms with Gasteiger partial charge in [0.15, 0.2) is 0 Å². The summed E-state index contributed by atoms with van der Waals surface area (Å²) in [6.07, 6.45) is 0. The number of hydrogen-bond donors (Lipinski definition) is 0. The summed E-state index contributed by atoms with van der Waals surface area (Å²) in [6, 6.07) is 0. The van der Waals surface area contributed by atoms with Gasteiger partial charge in [-0.25, -0.2) is 4.79 Å². The van der Waals surface area contributed by atoms with Crippen LogP contribution in [0.25, 0.3) is 0 Å². The minimum absolute atomic E-state index is 0.211. The predicted molar refractivity (Wildman–Crippen MR) is 43.9 cm³/mol. The van der Waals surface area contributed by atoms with E-state index in [4.69, 9.17) is 0 Å². The van der Waals surface area contributed by atoms with E-state index in [0.29, 0.717) is 12.2 Å². The number of carbonyl (C=O) groups is 1. The largest absolute Gasteiger partial charge is 0.457 e. The Kier molecular flexibility index (Phi) is 4.36. The highest BCUT2D eigenvalue weighted by atomic mass is 79.9. The Hall–Kier alpha value is -0.310. The third-order valence-corrected chi connectivity index (χ3v) is 1.87. The van der Waals surface area contributed by atoms with E-state index in [1.54, 1.807) is 6.92 Å². The molecule has 0 unspecified atom stereocenters. The van der Waals surface area contributed by atoms with Crippen LogP contribution in [0.2, 0.25) is 0 Å². The lowest BCUT2D eigenvalue weighted by Gasteiger charge is -1.85. The van der Waals surface area contributed by atoms with Crippen LogP contribution in [-0.2, 0) is 9.53 Å². The van der Waals surface area contributed by atoms with Gasteiger partial charge in [0, 0.05) is 10.1 Å². The van der Waals surface area contributed by atoms with Crippen LogP contribution in [0.15, 0.2) is 10.1 Å². The molecule has 0 aromatic heterocycles. The van der Waals surface area contributed by atoms with Crippen LogP contribution in [0, 0.1) is 0 Å². The maximum atomic E-state index is 10.5. The van der Waals surface area contributed by atoms with E-state index < -0.39 is 0 Å². The van der Waals surface area contributed by atoms with Gasteiger partial charge in [-0.15, -0.1) is 0 Å². The van der Waals surface area contributed by atoms with Crippen molar-refractivity contribution in [2.24, 2.45) is 0 Å². The van der Waals surface area contributed by atoms with E-state index in [1.165, 1.54) is 0 Å². The molecule has 0 aromatic carbocycles. The van der Waals surface area contributed by atoms with Gasteiger partial charge in [-0.3, -0.25) is 0 Å². The van der Waals surface area contributed by atoms with Crippen molar-refractivity contribution in [2.75, 3.05) is 6.61 Å². The fourth-order valence-corrected chi connectivity index (χ4v) is 0.732. The predicted octanol–water partition coefficient (Wildman–Crippen LogP) is 2.24. The molecule has 1 aliphatic rings. The van der Waals surface area contributed by atoms with Gasteiger partial charge in [0.1, 0.15) is 6.61 Å². The molecule has 2 nitrogen and oxygen atoms in total. The molecule has 1 heterocycles. The van der Waals surface area contributed by atoms with Gasteiger partial charge in [0.2, 0.25) is 0 Å². The molecule has 0 bridgehead atoms. The highest BCUT2D eigenvalue weighted by Gasteiger charge is 2.17. The topological polar surface area (TPSA) is 26.3 Å². The van der Waals surface area contributed by atoms with Gasteiger partial charge in [-0.05, 0) is 6.92 Å². The average molecular weight is 207 g/mol. The van der Waals surface area contributed by atoms with Crippen LogP contribution >= 0.6 is 15.9 Å². The minimum atomic E-state index is -0.211. The van der Waals surface area contributed by atoms with Gasteiger partial charge in [-0.2, -0.15) is 0 Å². The third-order valence-electron chi connectivity index (χ3n) is 1.04. The van der Waals surface area contributed by atoms with Crippen LogP contribution in [0.4, 0.5) is 0 Å². The van der Waals surface area contributed by atoms with Crippen LogP contribution in [0.5, 0.6) is 0 Å². The lowest BCUT2D eigenvalue weighted by molar-refractivity contribution is -0.135. The lowest BCUT2D eigenvalue weighted by atomic mass is 10.3. The molecule has 0 saturated heterocycles. The van der Waals surface area contributed by atoms with Crippen molar-refractivity contribution >= 4 is 21.9 Å². The smallest absolute Gasteiger partial charge is 0.335 e. The second-order valence-electron chi connectivity index (χ2n) is 1.61. The molecule has 0 fully saturated rings. The number of cyclic esters (lactones) is 1. The maximum Gasteiger partial charge on any atom is 0.335 e. The summed E-state index contributed by atoms with van der Waals surface area (Å²) in [5.74, 6) is -0.211. The number of ether oxygens (including phenoxy) is 1. The summed E-state index contributed by atoms with van der Waals surface area (Å²) in [5.41, 5.74) is 0.685. The molecule has 1 aliphatic heterocycles. The molecular weight excluding hydrogens is 196 g/mol. The first kappa shape index (κ1) is 9.69. The Balaban J connectivity index is 0.000000371. The Morgan fingerprint density at radius 3 is 2.10 bits per heavy atom. The monoisotopic (exact) mass is 206 g/mol. The Morgan fingerprint density at radius 2 is 2.00 bits per heavy atom. The number of carbonyl (C=O) groups excluding carboxylic acids is 1. The molecular formula is C7H11BrO2. The summed E-state index contributed by atoms with van der Waals surface area (Å²) in [4.78, 5) is 10.5. The van der Waals surface area contributed by atoms with Crippen molar-refractivity contribution in [1.82, 2.24) is 0 Å². The van der Waals surface area contributed by atoms with E-state index in [-0.39, 0.29) is 5.97 Å². The first-order chi connectivity index (χ1) is 4.72. The van der Waals surface area contributed by atoms with Gasteiger partial charge >= 0.3 is 5.97 Å². The summed E-state index contributed by atoms with van der Waals surface area (Å²) in [6.45, 7) is 6.14. The summed E-state index contributed by atoms with van der Waals surface area (Å²) in [5, 5.41) is 0. The number of rotatable bonds is 0. The van der Waals surface area contributed by atoms with Crippen LogP contribution in [0.1, 0.15) is 20.8 Å². The third kappa shape index (κ3) is 2.14. The van der Waals surface area contributed by atoms with Crippen molar-refractivity contribution in [2.45, 2.75) is 20.8 Å². The Bertz CT molecular complexity index is 161. The lowest BCUT2D eigenvalue weighted by Crippen LogP contribution is -1.94. The molecule has 0 atom stereocenters. The van der Waals surface area contributed by atoms with E-state index in [0.717, 1.165) is 4.48 Å². The quantitative estimate of drug-likeness (QED) is 0.569. The highest BCUT2D eigenvalue weighted by molar-refractivity contribution is 9.11. The zero-order chi connectivity index (χ0) is 8.15. The molecule has 0 aromatic rings. The second-order valence-corrected chi connectivity index (χ2v) is 2.56. The molecule has 1 rings (SSSR count). The summed E-state index contributed by atoms with van der Waals surface area (Å²) < 4.78 is 5.48. The maximum absolute atomic E-state index is 10.5. The number of hydrogen-bond acceptors (Lipinski definition) is 2. The van der Waals surface area contributed by atoms with Crippen molar-refractivity contribution in [3.05, 3.63) is 10.1 Å². The molecule has 0 N–H and O–H groups in total. The fourth-order valence-electron chi connectivity index (χ4n) is 0.456. The number of esters is 1. The van der Waals surface area contributed by atoms with Gasteiger partial charge < -0.3 is 4.74 Å². The van der Waals surface area contributed by atoms with Crippen molar-refractivity contribution in [3.8, 4) is 0 Å². The fraction of sp³-hybridized carbons (Fsp3) is 0.571. The average Bonchev–Trinajstić information content (AvgIpc) is 2.25. The van der Waals surface area contributed by atoms with Crippen LogP contribution in [-0.4, -0.2) is 12.6 Å². The van der Waals surface area contributed by atoms with E-state index in [2.05, 4.69) is 20.7 Å². The SMILES string of the molecule is CC.CC1=C(Br)COC1=O. The molecule has 10 heavy (non-hydrogen) atoms. The van der Waals surface area contributed by atoms with Crippen LogP contribution < -0.4 is 0 Å². The van der Waals surface area contributed by atoms with Gasteiger partial charge in [0.25, 0.3) is 0 Å². The molecule has 0 aliphatic carbocycles. The van der Waals surface area contributed by atoms with Crippen LogP contribution in [0.3, 0.4) is 0 Å². The molecule has 0 spiro atoms. The molecule has 0 radical (unpaired) electrons.